The van der Waals surface area contributed by atoms with E-state index in [9.17, 15) is 19.2 Å². The molecule has 10 nitrogen and oxygen atoms in total. The van der Waals surface area contributed by atoms with Crippen molar-refractivity contribution in [1.29, 1.82) is 0 Å². The van der Waals surface area contributed by atoms with Crippen LogP contribution >= 0.6 is 0 Å². The molecule has 0 aliphatic carbocycles. The van der Waals surface area contributed by atoms with Crippen LogP contribution in [0.25, 0.3) is 0 Å². The number of carbonyl (C=O) groups excluding carboxylic acids is 4. The molecule has 6 N–H and O–H groups in total. The predicted molar refractivity (Wildman–Crippen MR) is 132 cm³/mol. The second-order valence-corrected chi connectivity index (χ2v) is 7.61. The standard InChI is InChI=1S/C24H30N6O4.2H2/c31-21-17-5-1-2-6-18(17)22(32)28-14-10-26-12-16-30-24(34)20-8-4-3-7-19(20)23(33)29-15-11-25-9-13-27-21;;/h1-8,25-26H,9-16H2,(H,27,31)(H,28,32)(H,29,33)(H,30,34);2*1H. The molecule has 0 atom stereocenters. The summed E-state index contributed by atoms with van der Waals surface area (Å²) in [5.41, 5.74) is 1.24. The van der Waals surface area contributed by atoms with Gasteiger partial charge in [-0.3, -0.25) is 19.2 Å². The number of benzene rings is 2. The highest BCUT2D eigenvalue weighted by molar-refractivity contribution is 6.08. The first-order valence-corrected chi connectivity index (χ1v) is 11.3. The molecule has 2 aromatic rings. The molecule has 1 aliphatic heterocycles. The van der Waals surface area contributed by atoms with Crippen LogP contribution in [0, 0.1) is 0 Å². The maximum Gasteiger partial charge on any atom is 0.252 e. The summed E-state index contributed by atoms with van der Waals surface area (Å²) in [5.74, 6) is -1.30. The van der Waals surface area contributed by atoms with Gasteiger partial charge in [0.2, 0.25) is 0 Å². The molecule has 1 aliphatic rings. The molecular weight excluding hydrogens is 436 g/mol. The van der Waals surface area contributed by atoms with Crippen molar-refractivity contribution in [2.75, 3.05) is 52.4 Å². The minimum absolute atomic E-state index is 0. The summed E-state index contributed by atoms with van der Waals surface area (Å²) in [5, 5.41) is 17.5. The molecule has 1 heterocycles. The Morgan fingerprint density at radius 1 is 0.412 bits per heavy atom. The molecule has 0 unspecified atom stereocenters. The highest BCUT2D eigenvalue weighted by atomic mass is 16.2. The van der Waals surface area contributed by atoms with Gasteiger partial charge in [0, 0.05) is 55.2 Å². The summed E-state index contributed by atoms with van der Waals surface area (Å²) in [6.45, 7) is 3.37. The minimum Gasteiger partial charge on any atom is -0.351 e. The molecule has 2 aromatic carbocycles. The van der Waals surface area contributed by atoms with E-state index in [1.54, 1.807) is 48.5 Å². The van der Waals surface area contributed by atoms with Crippen molar-refractivity contribution in [3.8, 4) is 0 Å². The fourth-order valence-electron chi connectivity index (χ4n) is 3.45. The Kier molecular flexibility index (Phi) is 9.56. The summed E-state index contributed by atoms with van der Waals surface area (Å²) < 4.78 is 0. The first-order chi connectivity index (χ1) is 16.6. The van der Waals surface area contributed by atoms with Crippen molar-refractivity contribution in [3.05, 3.63) is 70.8 Å². The molecular formula is C24H34N6O4. The van der Waals surface area contributed by atoms with Crippen molar-refractivity contribution in [2.24, 2.45) is 0 Å². The zero-order valence-electron chi connectivity index (χ0n) is 18.9. The van der Waals surface area contributed by atoms with Gasteiger partial charge in [0.05, 0.1) is 22.3 Å². The number of nitrogens with one attached hydrogen (secondary N) is 6. The van der Waals surface area contributed by atoms with Crippen LogP contribution in [0.3, 0.4) is 0 Å². The lowest BCUT2D eigenvalue weighted by atomic mass is 10.1. The summed E-state index contributed by atoms with van der Waals surface area (Å²) >= 11 is 0. The summed E-state index contributed by atoms with van der Waals surface area (Å²) in [7, 11) is 0. The Hall–Kier alpha value is -3.76. The Morgan fingerprint density at radius 2 is 0.647 bits per heavy atom. The zero-order valence-corrected chi connectivity index (χ0v) is 18.9. The van der Waals surface area contributed by atoms with Gasteiger partial charge in [0.1, 0.15) is 0 Å². The number of carbonyl (C=O) groups is 4. The molecule has 184 valence electrons. The molecule has 0 radical (unpaired) electrons. The fourth-order valence-corrected chi connectivity index (χ4v) is 3.45. The Bertz CT molecular complexity index is 878. The van der Waals surface area contributed by atoms with Crippen LogP contribution in [0.1, 0.15) is 44.3 Å². The molecule has 0 saturated carbocycles. The molecule has 0 bridgehead atoms. The van der Waals surface area contributed by atoms with Crippen molar-refractivity contribution < 1.29 is 22.0 Å². The van der Waals surface area contributed by atoms with Gasteiger partial charge in [0.15, 0.2) is 0 Å². The van der Waals surface area contributed by atoms with E-state index >= 15 is 0 Å². The number of fused-ring (bicyclic) bond motifs is 2. The van der Waals surface area contributed by atoms with Crippen LogP contribution in [0.15, 0.2) is 48.5 Å². The van der Waals surface area contributed by atoms with E-state index in [0.717, 1.165) is 0 Å². The van der Waals surface area contributed by atoms with Crippen molar-refractivity contribution >= 4 is 23.6 Å². The van der Waals surface area contributed by atoms with E-state index in [1.165, 1.54) is 0 Å². The number of amides is 4. The smallest absolute Gasteiger partial charge is 0.252 e. The summed E-state index contributed by atoms with van der Waals surface area (Å²) in [4.78, 5) is 50.2. The van der Waals surface area contributed by atoms with Crippen LogP contribution < -0.4 is 31.9 Å². The van der Waals surface area contributed by atoms with Crippen molar-refractivity contribution in [1.82, 2.24) is 31.9 Å². The second kappa shape index (κ2) is 13.1. The van der Waals surface area contributed by atoms with E-state index in [4.69, 9.17) is 0 Å². The third-order valence-corrected chi connectivity index (χ3v) is 5.18. The average Bonchev–Trinajstić information content (AvgIpc) is 2.86. The van der Waals surface area contributed by atoms with Crippen molar-refractivity contribution in [3.63, 3.8) is 0 Å². The Morgan fingerprint density at radius 3 is 0.882 bits per heavy atom. The van der Waals surface area contributed by atoms with Crippen LogP contribution in [0.5, 0.6) is 0 Å². The molecule has 0 spiro atoms. The van der Waals surface area contributed by atoms with Gasteiger partial charge in [-0.05, 0) is 24.3 Å². The zero-order chi connectivity index (χ0) is 24.2. The molecule has 0 aromatic heterocycles. The molecule has 10 heteroatoms. The summed E-state index contributed by atoms with van der Waals surface area (Å²) in [6, 6.07) is 13.3. The van der Waals surface area contributed by atoms with E-state index < -0.39 is 0 Å². The van der Waals surface area contributed by atoms with E-state index in [-0.39, 0.29) is 26.5 Å². The van der Waals surface area contributed by atoms with Crippen LogP contribution in [-0.4, -0.2) is 76.0 Å². The lowest BCUT2D eigenvalue weighted by Crippen LogP contribution is -2.39. The first-order valence-electron chi connectivity index (χ1n) is 11.3. The summed E-state index contributed by atoms with van der Waals surface area (Å²) in [6.07, 6.45) is 0. The predicted octanol–water partition coefficient (Wildman–Crippen LogP) is -0.00920. The maximum atomic E-state index is 12.6. The SMILES string of the molecule is O=C1NCCNCCNC(=O)c2ccccc2C(=O)NCCNCCNC(=O)c2ccccc21.[HH].[HH]. The van der Waals surface area contributed by atoms with Gasteiger partial charge in [-0.2, -0.15) is 0 Å². The molecule has 34 heavy (non-hydrogen) atoms. The third kappa shape index (κ3) is 7.12. The van der Waals surface area contributed by atoms with Crippen LogP contribution in [0.2, 0.25) is 0 Å². The Labute approximate surface area is 201 Å². The van der Waals surface area contributed by atoms with Gasteiger partial charge in [-0.25, -0.2) is 0 Å². The van der Waals surface area contributed by atoms with E-state index in [2.05, 4.69) is 31.9 Å². The topological polar surface area (TPSA) is 140 Å². The quantitative estimate of drug-likeness (QED) is 0.320. The Balaban J connectivity index is 0.00000324. The molecule has 0 fully saturated rings. The van der Waals surface area contributed by atoms with Crippen LogP contribution in [0.4, 0.5) is 0 Å². The maximum absolute atomic E-state index is 12.6. The number of hydrogen-bond acceptors (Lipinski definition) is 6. The lowest BCUT2D eigenvalue weighted by molar-refractivity contribution is 0.0917. The largest absolute Gasteiger partial charge is 0.351 e. The number of rotatable bonds is 0. The highest BCUT2D eigenvalue weighted by Crippen LogP contribution is 2.09. The molecule has 3 rings (SSSR count). The first kappa shape index (κ1) is 24.9. The van der Waals surface area contributed by atoms with Gasteiger partial charge < -0.3 is 31.9 Å². The normalized spacial score (nSPS) is 17.4. The van der Waals surface area contributed by atoms with E-state index in [1.807, 2.05) is 0 Å². The van der Waals surface area contributed by atoms with Gasteiger partial charge in [-0.1, -0.05) is 24.3 Å². The number of hydrogen-bond donors (Lipinski definition) is 6. The van der Waals surface area contributed by atoms with Crippen molar-refractivity contribution in [2.45, 2.75) is 0 Å². The third-order valence-electron chi connectivity index (χ3n) is 5.18. The highest BCUT2D eigenvalue weighted by Gasteiger charge is 2.17. The van der Waals surface area contributed by atoms with Gasteiger partial charge in [-0.15, -0.1) is 0 Å². The van der Waals surface area contributed by atoms with Crippen LogP contribution in [-0.2, 0) is 0 Å². The van der Waals surface area contributed by atoms with E-state index in [0.29, 0.717) is 74.6 Å². The fraction of sp³-hybridized carbons (Fsp3) is 0.333. The monoisotopic (exact) mass is 470 g/mol. The average molecular weight is 471 g/mol. The van der Waals surface area contributed by atoms with Gasteiger partial charge >= 0.3 is 0 Å². The second-order valence-electron chi connectivity index (χ2n) is 7.61. The van der Waals surface area contributed by atoms with Gasteiger partial charge in [0.25, 0.3) is 23.6 Å². The lowest BCUT2D eigenvalue weighted by Gasteiger charge is -2.13. The molecule has 0 saturated heterocycles. The minimum atomic E-state index is -0.325. The molecule has 4 amide bonds.